The number of aryl methyl sites for hydroxylation is 1. The first-order valence-electron chi connectivity index (χ1n) is 15.0. The average molecular weight is 580 g/mol. The van der Waals surface area contributed by atoms with Crippen LogP contribution in [0.1, 0.15) is 36.0 Å². The van der Waals surface area contributed by atoms with E-state index in [1.807, 2.05) is 40.8 Å². The summed E-state index contributed by atoms with van der Waals surface area (Å²) < 4.78 is 24.4. The highest BCUT2D eigenvalue weighted by Gasteiger charge is 2.47. The number of nitrogens with two attached hydrogens (primary N) is 2. The quantitative estimate of drug-likeness (QED) is 0.275. The smallest absolute Gasteiger partial charge is 0.254 e. The zero-order chi connectivity index (χ0) is 29.6. The van der Waals surface area contributed by atoms with E-state index in [4.69, 9.17) is 26.2 Å². The molecule has 3 unspecified atom stereocenters. The van der Waals surface area contributed by atoms with Crippen molar-refractivity contribution in [3.05, 3.63) is 59.9 Å². The second kappa shape index (κ2) is 9.54. The lowest BCUT2D eigenvalue weighted by Crippen LogP contribution is -2.41. The number of methoxy groups -OCH3 is 1. The number of pyridine rings is 1. The minimum absolute atomic E-state index is 0.0197. The number of nitrogen functional groups attached to an aromatic ring is 1. The highest BCUT2D eigenvalue weighted by Crippen LogP contribution is 2.40. The molecule has 4 N–H and O–H groups in total. The number of imidazole rings is 1. The fourth-order valence-electron chi connectivity index (χ4n) is 7.17. The second-order valence-electron chi connectivity index (χ2n) is 12.4. The Kier molecular flexibility index (Phi) is 5.81. The number of anilines is 1. The van der Waals surface area contributed by atoms with Crippen molar-refractivity contribution in [2.75, 3.05) is 19.4 Å². The summed E-state index contributed by atoms with van der Waals surface area (Å²) in [5, 5.41) is 0.977. The fraction of sp³-hybridized carbons (Fsp3) is 0.364. The van der Waals surface area contributed by atoms with Crippen molar-refractivity contribution in [1.82, 2.24) is 24.0 Å². The molecule has 9 nitrogen and oxygen atoms in total. The van der Waals surface area contributed by atoms with Gasteiger partial charge in [-0.2, -0.15) is 0 Å². The standard InChI is InChI=1S/C33H34FN7O2/c1-39-30-25(12-21(14-28(30)43-2)33(42)41-16-20-7-10-26(41)29(20)36)38-32(39)27-13-19-6-9-24(18-5-8-23(35)22(34)11-18)37-31(19)40(27)15-17-3-4-17/h5-6,8-9,11-14,17,20,26,29H,3-4,7,10,15-16,35-36H2,1-2H3. The Balaban J connectivity index is 1.24. The number of carbonyl (C=O) groups is 1. The Morgan fingerprint density at radius 3 is 2.60 bits per heavy atom. The summed E-state index contributed by atoms with van der Waals surface area (Å²) in [7, 11) is 3.60. The highest BCUT2D eigenvalue weighted by atomic mass is 19.1. The Morgan fingerprint density at radius 2 is 1.91 bits per heavy atom. The van der Waals surface area contributed by atoms with Gasteiger partial charge in [0.2, 0.25) is 0 Å². The van der Waals surface area contributed by atoms with Crippen LogP contribution in [0, 0.1) is 17.7 Å². The molecule has 2 aromatic carbocycles. The lowest BCUT2D eigenvalue weighted by molar-refractivity contribution is 0.0700. The van der Waals surface area contributed by atoms with Gasteiger partial charge in [-0.1, -0.05) is 6.07 Å². The number of piperidine rings is 1. The average Bonchev–Trinajstić information content (AvgIpc) is 3.42. The van der Waals surface area contributed by atoms with Crippen LogP contribution in [-0.2, 0) is 13.6 Å². The molecule has 8 rings (SSSR count). The molecule has 10 heteroatoms. The van der Waals surface area contributed by atoms with Crippen LogP contribution in [0.3, 0.4) is 0 Å². The maximum atomic E-state index is 14.3. The van der Waals surface area contributed by atoms with Gasteiger partial charge in [0, 0.05) is 48.7 Å². The van der Waals surface area contributed by atoms with Gasteiger partial charge in [0.05, 0.1) is 29.7 Å². The van der Waals surface area contributed by atoms with E-state index in [0.717, 1.165) is 47.5 Å². The van der Waals surface area contributed by atoms with Gasteiger partial charge in [-0.15, -0.1) is 0 Å². The number of carbonyl (C=O) groups excluding carboxylic acids is 1. The van der Waals surface area contributed by atoms with Gasteiger partial charge >= 0.3 is 0 Å². The molecule has 2 bridgehead atoms. The maximum Gasteiger partial charge on any atom is 0.254 e. The summed E-state index contributed by atoms with van der Waals surface area (Å²) >= 11 is 0. The number of aromatic nitrogens is 4. The Hall–Kier alpha value is -4.44. The fourth-order valence-corrected chi connectivity index (χ4v) is 7.17. The summed E-state index contributed by atoms with van der Waals surface area (Å²) in [4.78, 5) is 25.7. The van der Waals surface area contributed by atoms with Crippen molar-refractivity contribution in [2.45, 2.75) is 44.3 Å². The molecule has 220 valence electrons. The molecule has 3 atom stereocenters. The number of rotatable bonds is 6. The van der Waals surface area contributed by atoms with E-state index in [2.05, 4.69) is 10.6 Å². The van der Waals surface area contributed by atoms with E-state index in [-0.39, 0.29) is 23.7 Å². The number of fused-ring (bicyclic) bond motifs is 4. The number of amides is 1. The van der Waals surface area contributed by atoms with Crippen LogP contribution >= 0.6 is 0 Å². The molecule has 4 heterocycles. The third-order valence-corrected chi connectivity index (χ3v) is 9.72. The predicted octanol–water partition coefficient (Wildman–Crippen LogP) is 4.96. The normalized spacial score (nSPS) is 21.4. The zero-order valence-electron chi connectivity index (χ0n) is 24.3. The highest BCUT2D eigenvalue weighted by molar-refractivity contribution is 6.00. The van der Waals surface area contributed by atoms with Crippen LogP contribution in [0.4, 0.5) is 10.1 Å². The lowest BCUT2D eigenvalue weighted by Gasteiger charge is -2.27. The van der Waals surface area contributed by atoms with E-state index in [1.54, 1.807) is 19.2 Å². The van der Waals surface area contributed by atoms with Crippen molar-refractivity contribution in [1.29, 1.82) is 0 Å². The molecule has 3 aromatic heterocycles. The molecule has 0 spiro atoms. The van der Waals surface area contributed by atoms with Crippen LogP contribution < -0.4 is 16.2 Å². The first-order valence-corrected chi connectivity index (χ1v) is 15.0. The molecule has 1 amide bonds. The molecular weight excluding hydrogens is 545 g/mol. The van der Waals surface area contributed by atoms with Crippen LogP contribution in [0.25, 0.3) is 44.8 Å². The molecule has 2 aliphatic carbocycles. The van der Waals surface area contributed by atoms with Gasteiger partial charge in [0.15, 0.2) is 5.82 Å². The molecule has 43 heavy (non-hydrogen) atoms. The van der Waals surface area contributed by atoms with Crippen molar-refractivity contribution in [2.24, 2.45) is 24.6 Å². The van der Waals surface area contributed by atoms with Gasteiger partial charge in [-0.05, 0) is 80.0 Å². The molecule has 2 saturated carbocycles. The summed E-state index contributed by atoms with van der Waals surface area (Å²) in [6.07, 6.45) is 4.39. The van der Waals surface area contributed by atoms with Gasteiger partial charge in [0.1, 0.15) is 22.7 Å². The molecule has 3 aliphatic rings. The number of halogens is 1. The Labute approximate surface area is 248 Å². The molecule has 0 radical (unpaired) electrons. The van der Waals surface area contributed by atoms with E-state index in [1.165, 1.54) is 18.9 Å². The van der Waals surface area contributed by atoms with Gasteiger partial charge in [-0.3, -0.25) is 4.79 Å². The Bertz CT molecular complexity index is 1940. The predicted molar refractivity (Wildman–Crippen MR) is 164 cm³/mol. The zero-order valence-corrected chi connectivity index (χ0v) is 24.3. The molecular formula is C33H34FN7O2. The molecule has 1 saturated heterocycles. The van der Waals surface area contributed by atoms with E-state index in [9.17, 15) is 9.18 Å². The van der Waals surface area contributed by atoms with E-state index >= 15 is 0 Å². The SMILES string of the molecule is COc1cc(C(=O)N2CC3CCC2C3N)cc2nc(-c3cc4ccc(-c5ccc(N)c(F)c5)nc4n3CC3CC3)n(C)c12. The first kappa shape index (κ1) is 26.2. The third-order valence-electron chi connectivity index (χ3n) is 9.72. The second-order valence-corrected chi connectivity index (χ2v) is 12.4. The Morgan fingerprint density at radius 1 is 1.07 bits per heavy atom. The topological polar surface area (TPSA) is 117 Å². The van der Waals surface area contributed by atoms with E-state index < -0.39 is 5.82 Å². The number of ether oxygens (including phenoxy) is 1. The summed E-state index contributed by atoms with van der Waals surface area (Å²) in [5.74, 6) is 1.84. The third kappa shape index (κ3) is 4.11. The van der Waals surface area contributed by atoms with Gasteiger partial charge in [-0.25, -0.2) is 14.4 Å². The van der Waals surface area contributed by atoms with Crippen LogP contribution in [0.2, 0.25) is 0 Å². The van der Waals surface area contributed by atoms with Crippen LogP contribution in [0.5, 0.6) is 5.75 Å². The minimum Gasteiger partial charge on any atom is -0.494 e. The maximum absolute atomic E-state index is 14.3. The number of benzene rings is 2. The molecule has 1 aliphatic heterocycles. The molecule has 5 aromatic rings. The van der Waals surface area contributed by atoms with Gasteiger partial charge < -0.3 is 30.2 Å². The van der Waals surface area contributed by atoms with Crippen LogP contribution in [-0.4, -0.2) is 55.6 Å². The number of likely N-dealkylation sites (tertiary alicyclic amines) is 1. The summed E-state index contributed by atoms with van der Waals surface area (Å²) in [5.41, 5.74) is 17.4. The minimum atomic E-state index is -0.458. The molecule has 3 fully saturated rings. The number of hydrogen-bond donors (Lipinski definition) is 2. The lowest BCUT2D eigenvalue weighted by atomic mass is 10.1. The largest absolute Gasteiger partial charge is 0.494 e. The van der Waals surface area contributed by atoms with Crippen molar-refractivity contribution in [3.63, 3.8) is 0 Å². The first-order chi connectivity index (χ1) is 20.8. The number of hydrogen-bond acceptors (Lipinski definition) is 6. The number of nitrogens with zero attached hydrogens (tertiary/aromatic N) is 5. The monoisotopic (exact) mass is 579 g/mol. The van der Waals surface area contributed by atoms with Crippen LogP contribution in [0.15, 0.2) is 48.5 Å². The van der Waals surface area contributed by atoms with E-state index in [0.29, 0.717) is 46.5 Å². The van der Waals surface area contributed by atoms with Crippen molar-refractivity contribution < 1.29 is 13.9 Å². The summed E-state index contributed by atoms with van der Waals surface area (Å²) in [6.45, 7) is 1.52. The van der Waals surface area contributed by atoms with Gasteiger partial charge in [0.25, 0.3) is 5.91 Å². The van der Waals surface area contributed by atoms with Crippen molar-refractivity contribution >= 4 is 33.7 Å². The van der Waals surface area contributed by atoms with Crippen molar-refractivity contribution in [3.8, 4) is 28.5 Å². The summed E-state index contributed by atoms with van der Waals surface area (Å²) in [6, 6.07) is 14.7.